The normalized spacial score (nSPS) is 12.5. The molecule has 0 N–H and O–H groups in total. The standard InChI is InChI=1S/C20H16O10/c1-27-17(23)13(18(24)28-2)11-12(14(19(25)29-3)20(26)30-4)16(22)10-8-6-5-7-9(10)15(11)21/h5-8H,1-4H3. The number of methoxy groups -OCH3 is 4. The number of ketones is 2. The average molecular weight is 416 g/mol. The van der Waals surface area contributed by atoms with Crippen LogP contribution in [0.25, 0.3) is 0 Å². The molecule has 0 aromatic heterocycles. The average Bonchev–Trinajstić information content (AvgIpc) is 2.77. The van der Waals surface area contributed by atoms with Crippen LogP contribution in [0.3, 0.4) is 0 Å². The summed E-state index contributed by atoms with van der Waals surface area (Å²) in [7, 11) is 3.72. The van der Waals surface area contributed by atoms with E-state index in [9.17, 15) is 28.8 Å². The summed E-state index contributed by atoms with van der Waals surface area (Å²) in [6, 6.07) is 5.48. The number of carbonyl (C=O) groups excluding carboxylic acids is 6. The minimum absolute atomic E-state index is 0.152. The van der Waals surface area contributed by atoms with E-state index in [0.717, 1.165) is 28.4 Å². The van der Waals surface area contributed by atoms with Crippen LogP contribution in [-0.2, 0) is 38.1 Å². The number of hydrogen-bond donors (Lipinski definition) is 0. The second-order valence-electron chi connectivity index (χ2n) is 5.67. The molecule has 156 valence electrons. The molecule has 0 heterocycles. The number of esters is 4. The van der Waals surface area contributed by atoms with Crippen LogP contribution in [0, 0.1) is 0 Å². The fourth-order valence-corrected chi connectivity index (χ4v) is 2.84. The van der Waals surface area contributed by atoms with E-state index in [2.05, 4.69) is 18.9 Å². The molecule has 0 spiro atoms. The summed E-state index contributed by atoms with van der Waals surface area (Å²) in [6.45, 7) is 0. The van der Waals surface area contributed by atoms with Gasteiger partial charge < -0.3 is 18.9 Å². The fourth-order valence-electron chi connectivity index (χ4n) is 2.84. The van der Waals surface area contributed by atoms with E-state index in [0.29, 0.717) is 0 Å². The first-order valence-electron chi connectivity index (χ1n) is 8.25. The Kier molecular flexibility index (Phi) is 6.62. The Morgan fingerprint density at radius 1 is 0.567 bits per heavy atom. The first-order valence-corrected chi connectivity index (χ1v) is 8.25. The van der Waals surface area contributed by atoms with Crippen molar-refractivity contribution in [3.8, 4) is 0 Å². The van der Waals surface area contributed by atoms with Crippen molar-refractivity contribution in [2.45, 2.75) is 0 Å². The third-order valence-electron chi connectivity index (χ3n) is 4.18. The summed E-state index contributed by atoms with van der Waals surface area (Å²) in [6.07, 6.45) is 0. The van der Waals surface area contributed by atoms with Crippen LogP contribution in [0.2, 0.25) is 0 Å². The van der Waals surface area contributed by atoms with E-state index in [1.165, 1.54) is 24.3 Å². The van der Waals surface area contributed by atoms with Crippen LogP contribution >= 0.6 is 0 Å². The van der Waals surface area contributed by atoms with Gasteiger partial charge in [0.05, 0.1) is 39.6 Å². The molecule has 0 atom stereocenters. The topological polar surface area (TPSA) is 139 Å². The molecule has 1 aromatic rings. The van der Waals surface area contributed by atoms with Gasteiger partial charge in [0, 0.05) is 11.1 Å². The van der Waals surface area contributed by atoms with Crippen molar-refractivity contribution < 1.29 is 47.7 Å². The third kappa shape index (κ3) is 3.62. The van der Waals surface area contributed by atoms with Gasteiger partial charge in [0.1, 0.15) is 0 Å². The van der Waals surface area contributed by atoms with Crippen molar-refractivity contribution in [1.29, 1.82) is 0 Å². The minimum atomic E-state index is -1.32. The van der Waals surface area contributed by atoms with Crippen LogP contribution in [0.1, 0.15) is 20.7 Å². The Bertz CT molecular complexity index is 922. The summed E-state index contributed by atoms with van der Waals surface area (Å²) in [4.78, 5) is 75.7. The molecule has 0 aliphatic heterocycles. The summed E-state index contributed by atoms with van der Waals surface area (Å²) in [5, 5.41) is 0. The first kappa shape index (κ1) is 22.2. The largest absolute Gasteiger partial charge is 0.465 e. The minimum Gasteiger partial charge on any atom is -0.465 e. The van der Waals surface area contributed by atoms with Crippen LogP contribution in [0.4, 0.5) is 0 Å². The molecule has 0 unspecified atom stereocenters. The van der Waals surface area contributed by atoms with Gasteiger partial charge in [0.2, 0.25) is 0 Å². The lowest BCUT2D eigenvalue weighted by molar-refractivity contribution is -0.146. The van der Waals surface area contributed by atoms with E-state index in [1.807, 2.05) is 0 Å². The smallest absolute Gasteiger partial charge is 0.346 e. The van der Waals surface area contributed by atoms with E-state index >= 15 is 0 Å². The summed E-state index contributed by atoms with van der Waals surface area (Å²) in [5.74, 6) is -7.21. The Morgan fingerprint density at radius 2 is 0.833 bits per heavy atom. The number of Topliss-reactive ketones (excluding diaryl/α,β-unsaturated/α-hetero) is 2. The molecule has 10 nitrogen and oxygen atoms in total. The number of rotatable bonds is 4. The third-order valence-corrected chi connectivity index (χ3v) is 4.18. The monoisotopic (exact) mass is 416 g/mol. The molecule has 0 bridgehead atoms. The molecule has 0 radical (unpaired) electrons. The highest BCUT2D eigenvalue weighted by atomic mass is 16.5. The lowest BCUT2D eigenvalue weighted by Crippen LogP contribution is -2.32. The SMILES string of the molecule is COC(=O)C(C(=O)OC)=C1C(=O)c2ccccc2C(=O)C1=C(C(=O)OC)C(=O)OC. The van der Waals surface area contributed by atoms with Crippen molar-refractivity contribution in [3.63, 3.8) is 0 Å². The second-order valence-corrected chi connectivity index (χ2v) is 5.67. The van der Waals surface area contributed by atoms with Crippen molar-refractivity contribution in [1.82, 2.24) is 0 Å². The van der Waals surface area contributed by atoms with Crippen molar-refractivity contribution in [2.24, 2.45) is 0 Å². The quantitative estimate of drug-likeness (QED) is 0.222. The molecular weight excluding hydrogens is 400 g/mol. The van der Waals surface area contributed by atoms with Gasteiger partial charge in [-0.3, -0.25) is 9.59 Å². The van der Waals surface area contributed by atoms with E-state index in [4.69, 9.17) is 0 Å². The number of fused-ring (bicyclic) bond motifs is 1. The zero-order chi connectivity index (χ0) is 22.6. The maximum atomic E-state index is 13.2. The van der Waals surface area contributed by atoms with Crippen LogP contribution < -0.4 is 0 Å². The van der Waals surface area contributed by atoms with E-state index < -0.39 is 57.7 Å². The summed E-state index contributed by atoms with van der Waals surface area (Å²) in [5.41, 5.74) is -3.89. The van der Waals surface area contributed by atoms with E-state index in [1.54, 1.807) is 0 Å². The van der Waals surface area contributed by atoms with E-state index in [-0.39, 0.29) is 11.1 Å². The lowest BCUT2D eigenvalue weighted by Gasteiger charge is -2.22. The van der Waals surface area contributed by atoms with Gasteiger partial charge in [-0.05, 0) is 0 Å². The molecule has 0 amide bonds. The molecule has 30 heavy (non-hydrogen) atoms. The highest BCUT2D eigenvalue weighted by molar-refractivity contribution is 6.38. The van der Waals surface area contributed by atoms with Crippen molar-refractivity contribution in [2.75, 3.05) is 28.4 Å². The Labute approximate surface area is 170 Å². The van der Waals surface area contributed by atoms with Gasteiger partial charge >= 0.3 is 23.9 Å². The zero-order valence-electron chi connectivity index (χ0n) is 16.4. The second kappa shape index (κ2) is 8.95. The fraction of sp³-hybridized carbons (Fsp3) is 0.200. The molecule has 1 aliphatic rings. The van der Waals surface area contributed by atoms with Crippen molar-refractivity contribution >= 4 is 35.4 Å². The van der Waals surface area contributed by atoms with Gasteiger partial charge in [-0.2, -0.15) is 0 Å². The Balaban J connectivity index is 3.15. The molecule has 10 heteroatoms. The van der Waals surface area contributed by atoms with Crippen molar-refractivity contribution in [3.05, 3.63) is 57.7 Å². The van der Waals surface area contributed by atoms with Gasteiger partial charge in [0.15, 0.2) is 22.7 Å². The van der Waals surface area contributed by atoms with Gasteiger partial charge in [-0.25, -0.2) is 19.2 Å². The zero-order valence-corrected chi connectivity index (χ0v) is 16.4. The van der Waals surface area contributed by atoms with Crippen LogP contribution in [0.5, 0.6) is 0 Å². The predicted molar refractivity (Wildman–Crippen MR) is 97.2 cm³/mol. The molecule has 2 rings (SSSR count). The molecular formula is C20H16O10. The number of carbonyl (C=O) groups is 6. The highest BCUT2D eigenvalue weighted by Gasteiger charge is 2.43. The van der Waals surface area contributed by atoms with Crippen LogP contribution in [-0.4, -0.2) is 63.9 Å². The maximum Gasteiger partial charge on any atom is 0.346 e. The number of allylic oxidation sites excluding steroid dienone is 2. The molecule has 1 aliphatic carbocycles. The molecule has 0 saturated heterocycles. The van der Waals surface area contributed by atoms with Gasteiger partial charge in [0.25, 0.3) is 0 Å². The number of ether oxygens (including phenoxy) is 4. The molecule has 0 fully saturated rings. The lowest BCUT2D eigenvalue weighted by atomic mass is 9.77. The summed E-state index contributed by atoms with van der Waals surface area (Å²) >= 11 is 0. The summed E-state index contributed by atoms with van der Waals surface area (Å²) < 4.78 is 18.2. The Hall–Kier alpha value is -4.08. The first-order chi connectivity index (χ1) is 14.2. The predicted octanol–water partition coefficient (Wildman–Crippen LogP) is 0.351. The van der Waals surface area contributed by atoms with Gasteiger partial charge in [-0.1, -0.05) is 24.3 Å². The molecule has 1 aromatic carbocycles. The van der Waals surface area contributed by atoms with Crippen LogP contribution in [0.15, 0.2) is 46.6 Å². The maximum absolute atomic E-state index is 13.2. The highest BCUT2D eigenvalue weighted by Crippen LogP contribution is 2.35. The van der Waals surface area contributed by atoms with Gasteiger partial charge in [-0.15, -0.1) is 0 Å². The Morgan fingerprint density at radius 3 is 1.07 bits per heavy atom. The number of benzene rings is 1. The molecule has 0 saturated carbocycles. The number of hydrogen-bond acceptors (Lipinski definition) is 10.